The number of hydrogen-bond donors (Lipinski definition) is 1. The van der Waals surface area contributed by atoms with Gasteiger partial charge in [0.2, 0.25) is 5.91 Å². The number of ether oxygens (including phenoxy) is 1. The van der Waals surface area contributed by atoms with Gasteiger partial charge in [0.25, 0.3) is 0 Å². The molecular weight excluding hydrogens is 393 g/mol. The van der Waals surface area contributed by atoms with E-state index in [1.54, 1.807) is 12.1 Å². The van der Waals surface area contributed by atoms with Crippen LogP contribution in [0, 0.1) is 5.82 Å². The molecule has 2 rings (SSSR count). The molecular formula is C18H19BrFNO2S. The highest BCUT2D eigenvalue weighted by Gasteiger charge is 2.10. The molecule has 0 saturated carbocycles. The summed E-state index contributed by atoms with van der Waals surface area (Å²) in [5.74, 6) is 0.702. The summed E-state index contributed by atoms with van der Waals surface area (Å²) in [6.45, 7) is 1.95. The highest BCUT2D eigenvalue weighted by molar-refractivity contribution is 9.10. The highest BCUT2D eigenvalue weighted by atomic mass is 79.9. The van der Waals surface area contributed by atoms with E-state index in [0.29, 0.717) is 11.5 Å². The monoisotopic (exact) mass is 411 g/mol. The Morgan fingerprint density at radius 1 is 1.29 bits per heavy atom. The number of carbonyl (C=O) groups is 1. The number of amides is 1. The minimum atomic E-state index is -0.385. The molecule has 0 bridgehead atoms. The van der Waals surface area contributed by atoms with E-state index in [4.69, 9.17) is 4.74 Å². The van der Waals surface area contributed by atoms with Crippen LogP contribution in [0.1, 0.15) is 24.1 Å². The van der Waals surface area contributed by atoms with Crippen LogP contribution in [0.15, 0.2) is 46.9 Å². The van der Waals surface area contributed by atoms with Crippen molar-refractivity contribution in [3.8, 4) is 5.75 Å². The molecule has 0 aliphatic heterocycles. The standard InChI is InChI=1S/C18H19BrFNO2S/c1-12(14-4-6-15(19)7-5-14)21-18(22)11-24-10-13-3-8-17(23-2)16(20)9-13/h3-9,12H,10-11H2,1-2H3,(H,21,22)/t12-/m0/s1. The second kappa shape index (κ2) is 9.08. The van der Waals surface area contributed by atoms with Crippen LogP contribution >= 0.6 is 27.7 Å². The fraction of sp³-hybridized carbons (Fsp3) is 0.278. The Bertz CT molecular complexity index is 694. The number of hydrogen-bond acceptors (Lipinski definition) is 3. The van der Waals surface area contributed by atoms with E-state index in [0.717, 1.165) is 15.6 Å². The third-order valence-corrected chi connectivity index (χ3v) is 5.00. The van der Waals surface area contributed by atoms with Gasteiger partial charge in [-0.25, -0.2) is 4.39 Å². The van der Waals surface area contributed by atoms with Crippen LogP contribution in [-0.2, 0) is 10.5 Å². The fourth-order valence-electron chi connectivity index (χ4n) is 2.18. The summed E-state index contributed by atoms with van der Waals surface area (Å²) in [4.78, 5) is 12.0. The van der Waals surface area contributed by atoms with Crippen molar-refractivity contribution in [1.82, 2.24) is 5.32 Å². The van der Waals surface area contributed by atoms with Gasteiger partial charge in [-0.05, 0) is 42.3 Å². The summed E-state index contributed by atoms with van der Waals surface area (Å²) in [7, 11) is 1.43. The predicted octanol–water partition coefficient (Wildman–Crippen LogP) is 4.71. The molecule has 128 valence electrons. The van der Waals surface area contributed by atoms with Crippen LogP contribution in [0.25, 0.3) is 0 Å². The highest BCUT2D eigenvalue weighted by Crippen LogP contribution is 2.21. The Labute approximate surface area is 154 Å². The van der Waals surface area contributed by atoms with Crippen LogP contribution in [-0.4, -0.2) is 18.8 Å². The largest absolute Gasteiger partial charge is 0.494 e. The Kier molecular flexibility index (Phi) is 7.12. The maximum absolute atomic E-state index is 13.6. The molecule has 24 heavy (non-hydrogen) atoms. The molecule has 0 aliphatic rings. The van der Waals surface area contributed by atoms with Gasteiger partial charge in [-0.15, -0.1) is 11.8 Å². The quantitative estimate of drug-likeness (QED) is 0.716. The van der Waals surface area contributed by atoms with Gasteiger partial charge in [-0.3, -0.25) is 4.79 Å². The van der Waals surface area contributed by atoms with Crippen LogP contribution in [0.2, 0.25) is 0 Å². The van der Waals surface area contributed by atoms with Crippen molar-refractivity contribution in [2.24, 2.45) is 0 Å². The van der Waals surface area contributed by atoms with Gasteiger partial charge in [-0.2, -0.15) is 0 Å². The third-order valence-electron chi connectivity index (χ3n) is 3.47. The predicted molar refractivity (Wildman–Crippen MR) is 99.8 cm³/mol. The smallest absolute Gasteiger partial charge is 0.230 e. The lowest BCUT2D eigenvalue weighted by Crippen LogP contribution is -2.28. The Hall–Kier alpha value is -1.53. The molecule has 1 amide bonds. The van der Waals surface area contributed by atoms with E-state index in [-0.39, 0.29) is 23.5 Å². The van der Waals surface area contributed by atoms with Gasteiger partial charge < -0.3 is 10.1 Å². The molecule has 0 saturated heterocycles. The molecule has 2 aromatic carbocycles. The maximum atomic E-state index is 13.6. The SMILES string of the molecule is COc1ccc(CSCC(=O)N[C@@H](C)c2ccc(Br)cc2)cc1F. The van der Waals surface area contributed by atoms with E-state index in [2.05, 4.69) is 21.2 Å². The lowest BCUT2D eigenvalue weighted by Gasteiger charge is -2.14. The van der Waals surface area contributed by atoms with Crippen molar-refractivity contribution >= 4 is 33.6 Å². The number of thioether (sulfide) groups is 1. The van der Waals surface area contributed by atoms with Crippen molar-refractivity contribution in [3.05, 3.63) is 63.9 Å². The van der Waals surface area contributed by atoms with E-state index in [1.165, 1.54) is 24.9 Å². The molecule has 0 spiro atoms. The van der Waals surface area contributed by atoms with E-state index < -0.39 is 0 Å². The summed E-state index contributed by atoms with van der Waals surface area (Å²) in [5.41, 5.74) is 1.88. The van der Waals surface area contributed by atoms with Crippen molar-refractivity contribution in [2.75, 3.05) is 12.9 Å². The molecule has 0 unspecified atom stereocenters. The lowest BCUT2D eigenvalue weighted by molar-refractivity contribution is -0.119. The summed E-state index contributed by atoms with van der Waals surface area (Å²) < 4.78 is 19.5. The van der Waals surface area contributed by atoms with Gasteiger partial charge in [-0.1, -0.05) is 34.1 Å². The van der Waals surface area contributed by atoms with Crippen LogP contribution in [0.4, 0.5) is 4.39 Å². The van der Waals surface area contributed by atoms with E-state index >= 15 is 0 Å². The molecule has 0 fully saturated rings. The minimum absolute atomic E-state index is 0.0376. The zero-order chi connectivity index (χ0) is 17.5. The number of benzene rings is 2. The van der Waals surface area contributed by atoms with Crippen LogP contribution in [0.3, 0.4) is 0 Å². The normalized spacial score (nSPS) is 11.8. The fourth-order valence-corrected chi connectivity index (χ4v) is 3.23. The van der Waals surface area contributed by atoms with Crippen LogP contribution < -0.4 is 10.1 Å². The summed E-state index contributed by atoms with van der Waals surface area (Å²) in [6.07, 6.45) is 0. The first-order valence-electron chi connectivity index (χ1n) is 7.44. The molecule has 3 nitrogen and oxygen atoms in total. The van der Waals surface area contributed by atoms with Crippen molar-refractivity contribution in [1.29, 1.82) is 0 Å². The van der Waals surface area contributed by atoms with Gasteiger partial charge in [0.05, 0.1) is 18.9 Å². The Balaban J connectivity index is 1.78. The molecule has 1 N–H and O–H groups in total. The number of rotatable bonds is 7. The molecule has 2 aromatic rings. The van der Waals surface area contributed by atoms with Gasteiger partial charge in [0.1, 0.15) is 0 Å². The Morgan fingerprint density at radius 3 is 2.62 bits per heavy atom. The zero-order valence-corrected chi connectivity index (χ0v) is 15.9. The first-order chi connectivity index (χ1) is 11.5. The molecule has 0 heterocycles. The van der Waals surface area contributed by atoms with E-state index in [1.807, 2.05) is 31.2 Å². The first kappa shape index (κ1) is 18.8. The minimum Gasteiger partial charge on any atom is -0.494 e. The number of carbonyl (C=O) groups excluding carboxylic acids is 1. The van der Waals surface area contributed by atoms with Gasteiger partial charge >= 0.3 is 0 Å². The summed E-state index contributed by atoms with van der Waals surface area (Å²) in [6, 6.07) is 12.6. The average Bonchev–Trinajstić information content (AvgIpc) is 2.55. The zero-order valence-electron chi connectivity index (χ0n) is 13.5. The summed E-state index contributed by atoms with van der Waals surface area (Å²) >= 11 is 4.84. The van der Waals surface area contributed by atoms with Crippen molar-refractivity contribution in [2.45, 2.75) is 18.7 Å². The molecule has 0 radical (unpaired) electrons. The average molecular weight is 412 g/mol. The second-order valence-electron chi connectivity index (χ2n) is 5.30. The molecule has 1 atom stereocenters. The molecule has 6 heteroatoms. The number of methoxy groups -OCH3 is 1. The number of halogens is 2. The van der Waals surface area contributed by atoms with E-state index in [9.17, 15) is 9.18 Å². The topological polar surface area (TPSA) is 38.3 Å². The lowest BCUT2D eigenvalue weighted by atomic mass is 10.1. The van der Waals surface area contributed by atoms with Crippen molar-refractivity contribution < 1.29 is 13.9 Å². The third kappa shape index (κ3) is 5.53. The van der Waals surface area contributed by atoms with Crippen molar-refractivity contribution in [3.63, 3.8) is 0 Å². The molecule has 0 aliphatic carbocycles. The first-order valence-corrected chi connectivity index (χ1v) is 9.39. The maximum Gasteiger partial charge on any atom is 0.230 e. The van der Waals surface area contributed by atoms with Crippen LogP contribution in [0.5, 0.6) is 5.75 Å². The Morgan fingerprint density at radius 2 is 2.00 bits per heavy atom. The number of nitrogens with one attached hydrogen (secondary N) is 1. The molecule has 0 aromatic heterocycles. The van der Waals surface area contributed by atoms with Gasteiger partial charge in [0.15, 0.2) is 11.6 Å². The summed E-state index contributed by atoms with van der Waals surface area (Å²) in [5, 5.41) is 2.96. The second-order valence-corrected chi connectivity index (χ2v) is 7.20. The van der Waals surface area contributed by atoms with Gasteiger partial charge in [0, 0.05) is 10.2 Å².